The normalized spacial score (nSPS) is 19.6. The lowest BCUT2D eigenvalue weighted by Crippen LogP contribution is -2.45. The van der Waals surface area contributed by atoms with Gasteiger partial charge in [-0.15, -0.1) is 11.3 Å². The van der Waals surface area contributed by atoms with Crippen LogP contribution in [0.1, 0.15) is 26.2 Å². The number of carbonyl (C=O) groups excluding carboxylic acids is 1. The summed E-state index contributed by atoms with van der Waals surface area (Å²) in [5.74, 6) is -0.335. The maximum absolute atomic E-state index is 12.5. The molecule has 0 bridgehead atoms. The Morgan fingerprint density at radius 3 is 3.04 bits per heavy atom. The average molecular weight is 361 g/mol. The summed E-state index contributed by atoms with van der Waals surface area (Å²) < 4.78 is 32.1. The van der Waals surface area contributed by atoms with Crippen molar-refractivity contribution in [3.63, 3.8) is 0 Å². The monoisotopic (exact) mass is 360 g/mol. The van der Waals surface area contributed by atoms with E-state index < -0.39 is 10.0 Å². The lowest BCUT2D eigenvalue weighted by molar-refractivity contribution is -0.126. The highest BCUT2D eigenvalue weighted by Crippen LogP contribution is 2.26. The summed E-state index contributed by atoms with van der Waals surface area (Å²) in [6, 6.07) is 3.33. The van der Waals surface area contributed by atoms with Crippen molar-refractivity contribution in [1.29, 1.82) is 0 Å². The molecule has 2 rings (SSSR count). The van der Waals surface area contributed by atoms with Crippen LogP contribution in [0.4, 0.5) is 0 Å². The SMILES string of the molecule is CCOCCCNC(=O)[C@@H]1CCCN(S(=O)(=O)c2cccs2)C1. The molecular weight excluding hydrogens is 336 g/mol. The first-order valence-corrected chi connectivity index (χ1v) is 10.3. The largest absolute Gasteiger partial charge is 0.382 e. The van der Waals surface area contributed by atoms with Gasteiger partial charge in [-0.3, -0.25) is 4.79 Å². The van der Waals surface area contributed by atoms with Crippen LogP contribution < -0.4 is 5.32 Å². The molecular formula is C15H24N2O4S2. The zero-order chi connectivity index (χ0) is 16.7. The van der Waals surface area contributed by atoms with Crippen LogP contribution in [0.3, 0.4) is 0 Å². The van der Waals surface area contributed by atoms with Gasteiger partial charge in [-0.2, -0.15) is 4.31 Å². The van der Waals surface area contributed by atoms with E-state index in [-0.39, 0.29) is 18.4 Å². The van der Waals surface area contributed by atoms with E-state index in [1.54, 1.807) is 17.5 Å². The standard InChI is InChI=1S/C15H24N2O4S2/c1-2-21-10-5-8-16-15(18)13-6-3-9-17(12-13)23(19,20)14-7-4-11-22-14/h4,7,11,13H,2-3,5-6,8-10,12H2,1H3,(H,16,18)/t13-/m1/s1. The molecule has 1 atom stereocenters. The summed E-state index contributed by atoms with van der Waals surface area (Å²) in [5.41, 5.74) is 0. The number of nitrogens with zero attached hydrogens (tertiary/aromatic N) is 1. The topological polar surface area (TPSA) is 75.7 Å². The first-order chi connectivity index (χ1) is 11.1. The van der Waals surface area contributed by atoms with Crippen molar-refractivity contribution < 1.29 is 17.9 Å². The molecule has 0 aliphatic carbocycles. The maximum Gasteiger partial charge on any atom is 0.252 e. The Kier molecular flexibility index (Phi) is 7.01. The van der Waals surface area contributed by atoms with Crippen LogP contribution in [0, 0.1) is 5.92 Å². The fraction of sp³-hybridized carbons (Fsp3) is 0.667. The number of rotatable bonds is 8. The number of nitrogens with one attached hydrogen (secondary N) is 1. The predicted octanol–water partition coefficient (Wildman–Crippen LogP) is 1.69. The number of amides is 1. The van der Waals surface area contributed by atoms with Gasteiger partial charge in [0.15, 0.2) is 0 Å². The predicted molar refractivity (Wildman–Crippen MR) is 89.9 cm³/mol. The van der Waals surface area contributed by atoms with Gasteiger partial charge >= 0.3 is 0 Å². The Hall–Kier alpha value is -0.960. The van der Waals surface area contributed by atoms with E-state index in [0.717, 1.165) is 12.8 Å². The van der Waals surface area contributed by atoms with Gasteiger partial charge in [-0.1, -0.05) is 6.07 Å². The van der Waals surface area contributed by atoms with Gasteiger partial charge < -0.3 is 10.1 Å². The number of ether oxygens (including phenoxy) is 1. The van der Waals surface area contributed by atoms with E-state index in [1.807, 2.05) is 6.92 Å². The highest BCUT2D eigenvalue weighted by molar-refractivity contribution is 7.91. The summed E-state index contributed by atoms with van der Waals surface area (Å²) in [5, 5.41) is 4.63. The average Bonchev–Trinajstić information content (AvgIpc) is 3.10. The molecule has 0 aromatic carbocycles. The second-order valence-electron chi connectivity index (χ2n) is 5.48. The molecule has 1 saturated heterocycles. The van der Waals surface area contributed by atoms with Crippen molar-refractivity contribution in [1.82, 2.24) is 9.62 Å². The summed E-state index contributed by atoms with van der Waals surface area (Å²) in [6.07, 6.45) is 2.21. The van der Waals surface area contributed by atoms with Crippen LogP contribution in [0.2, 0.25) is 0 Å². The Balaban J connectivity index is 1.87. The van der Waals surface area contributed by atoms with Crippen molar-refractivity contribution in [2.24, 2.45) is 5.92 Å². The van der Waals surface area contributed by atoms with Crippen molar-refractivity contribution in [3.8, 4) is 0 Å². The molecule has 1 aromatic rings. The van der Waals surface area contributed by atoms with Crippen molar-refractivity contribution in [3.05, 3.63) is 17.5 Å². The maximum atomic E-state index is 12.5. The van der Waals surface area contributed by atoms with Crippen LogP contribution in [-0.4, -0.2) is 51.5 Å². The van der Waals surface area contributed by atoms with Gasteiger partial charge in [0.2, 0.25) is 5.91 Å². The van der Waals surface area contributed by atoms with E-state index in [0.29, 0.717) is 36.9 Å². The molecule has 0 unspecified atom stereocenters. The smallest absolute Gasteiger partial charge is 0.252 e. The molecule has 8 heteroatoms. The number of carbonyl (C=O) groups is 1. The molecule has 6 nitrogen and oxygen atoms in total. The summed E-state index contributed by atoms with van der Waals surface area (Å²) in [6.45, 7) is 4.54. The molecule has 1 fully saturated rings. The minimum atomic E-state index is -3.47. The lowest BCUT2D eigenvalue weighted by atomic mass is 9.99. The second kappa shape index (κ2) is 8.77. The number of sulfonamides is 1. The highest BCUT2D eigenvalue weighted by Gasteiger charge is 2.33. The summed E-state index contributed by atoms with van der Waals surface area (Å²) in [4.78, 5) is 12.2. The molecule has 23 heavy (non-hydrogen) atoms. The minimum absolute atomic E-state index is 0.0624. The van der Waals surface area contributed by atoms with Crippen molar-refractivity contribution in [2.45, 2.75) is 30.4 Å². The third-order valence-electron chi connectivity index (χ3n) is 3.81. The molecule has 1 aromatic heterocycles. The zero-order valence-electron chi connectivity index (χ0n) is 13.4. The zero-order valence-corrected chi connectivity index (χ0v) is 15.0. The van der Waals surface area contributed by atoms with E-state index in [9.17, 15) is 13.2 Å². The molecule has 0 spiro atoms. The van der Waals surface area contributed by atoms with Gasteiger partial charge in [-0.25, -0.2) is 8.42 Å². The third kappa shape index (κ3) is 5.00. The van der Waals surface area contributed by atoms with Crippen LogP contribution in [0.5, 0.6) is 0 Å². The first-order valence-electron chi connectivity index (χ1n) is 7.94. The van der Waals surface area contributed by atoms with Crippen molar-refractivity contribution in [2.75, 3.05) is 32.8 Å². The number of piperidine rings is 1. The molecule has 0 saturated carbocycles. The third-order valence-corrected chi connectivity index (χ3v) is 7.05. The van der Waals surface area contributed by atoms with Crippen LogP contribution in [0.25, 0.3) is 0 Å². The lowest BCUT2D eigenvalue weighted by Gasteiger charge is -2.30. The van der Waals surface area contributed by atoms with Crippen LogP contribution in [-0.2, 0) is 19.6 Å². The Morgan fingerprint density at radius 1 is 1.52 bits per heavy atom. The van der Waals surface area contributed by atoms with Gasteiger partial charge in [0, 0.05) is 32.8 Å². The Bertz CT molecular complexity index is 587. The van der Waals surface area contributed by atoms with Gasteiger partial charge in [0.1, 0.15) is 4.21 Å². The molecule has 130 valence electrons. The molecule has 1 amide bonds. The molecule has 2 heterocycles. The molecule has 0 radical (unpaired) electrons. The highest BCUT2D eigenvalue weighted by atomic mass is 32.2. The second-order valence-corrected chi connectivity index (χ2v) is 8.59. The summed E-state index contributed by atoms with van der Waals surface area (Å²) in [7, 11) is -3.47. The van der Waals surface area contributed by atoms with Gasteiger partial charge in [0.25, 0.3) is 10.0 Å². The van der Waals surface area contributed by atoms with Crippen molar-refractivity contribution >= 4 is 27.3 Å². The fourth-order valence-corrected chi connectivity index (χ4v) is 5.26. The molecule has 1 aliphatic heterocycles. The van der Waals surface area contributed by atoms with E-state index in [4.69, 9.17) is 4.74 Å². The van der Waals surface area contributed by atoms with Gasteiger partial charge in [-0.05, 0) is 37.6 Å². The molecule has 1 aliphatic rings. The summed E-state index contributed by atoms with van der Waals surface area (Å²) >= 11 is 1.21. The van der Waals surface area contributed by atoms with Gasteiger partial charge in [0.05, 0.1) is 5.92 Å². The first kappa shape index (κ1) is 18.4. The number of hydrogen-bond acceptors (Lipinski definition) is 5. The van der Waals surface area contributed by atoms with Crippen LogP contribution in [0.15, 0.2) is 21.7 Å². The van der Waals surface area contributed by atoms with E-state index in [2.05, 4.69) is 5.32 Å². The number of thiophene rings is 1. The molecule has 1 N–H and O–H groups in total. The van der Waals surface area contributed by atoms with E-state index in [1.165, 1.54) is 15.6 Å². The van der Waals surface area contributed by atoms with E-state index >= 15 is 0 Å². The fourth-order valence-electron chi connectivity index (χ4n) is 2.59. The van der Waals surface area contributed by atoms with Crippen LogP contribution >= 0.6 is 11.3 Å². The minimum Gasteiger partial charge on any atom is -0.382 e. The number of hydrogen-bond donors (Lipinski definition) is 1. The quantitative estimate of drug-likeness (QED) is 0.716. The Labute approximate surface area is 141 Å². The Morgan fingerprint density at radius 2 is 2.35 bits per heavy atom.